The topological polar surface area (TPSA) is 52.6 Å². The molecule has 0 radical (unpaired) electrons. The van der Waals surface area contributed by atoms with Gasteiger partial charge in [-0.3, -0.25) is 9.59 Å². The number of thiol groups is 2. The maximum Gasteiger partial charge on any atom is 0.307 e. The quantitative estimate of drug-likeness (QED) is 0.310. The summed E-state index contributed by atoms with van der Waals surface area (Å²) in [5, 5.41) is 0. The highest BCUT2D eigenvalue weighted by Crippen LogP contribution is 2.46. The second-order valence-corrected chi connectivity index (χ2v) is 8.88. The predicted molar refractivity (Wildman–Crippen MR) is 121 cm³/mol. The van der Waals surface area contributed by atoms with Gasteiger partial charge >= 0.3 is 11.9 Å². The molecule has 0 saturated heterocycles. The Hall–Kier alpha value is -0.360. The zero-order valence-electron chi connectivity index (χ0n) is 18.2. The fourth-order valence-electron chi connectivity index (χ4n) is 4.99. The summed E-state index contributed by atoms with van der Waals surface area (Å²) in [6.07, 6.45) is 8.08. The van der Waals surface area contributed by atoms with Crippen molar-refractivity contribution in [1.29, 1.82) is 0 Å². The van der Waals surface area contributed by atoms with E-state index in [2.05, 4.69) is 53.0 Å². The van der Waals surface area contributed by atoms with E-state index < -0.39 is 0 Å². The number of esters is 2. The van der Waals surface area contributed by atoms with Crippen molar-refractivity contribution in [2.24, 2.45) is 11.8 Å². The SMILES string of the molecule is CCC(CC)(OC(=O)CCS)C1CCC(C(CC)(CC)OC(=O)CCS)CC1. The van der Waals surface area contributed by atoms with Crippen LogP contribution < -0.4 is 0 Å². The summed E-state index contributed by atoms with van der Waals surface area (Å²) in [6, 6.07) is 0. The molecule has 0 atom stereocenters. The minimum Gasteiger partial charge on any atom is -0.459 e. The summed E-state index contributed by atoms with van der Waals surface area (Å²) in [4.78, 5) is 24.4. The molecule has 1 aliphatic rings. The van der Waals surface area contributed by atoms with Crippen LogP contribution in [0.25, 0.3) is 0 Å². The Morgan fingerprint density at radius 2 is 1.00 bits per heavy atom. The number of carbonyl (C=O) groups is 2. The summed E-state index contributed by atoms with van der Waals surface area (Å²) < 4.78 is 12.0. The van der Waals surface area contributed by atoms with Crippen LogP contribution in [0.1, 0.15) is 91.9 Å². The summed E-state index contributed by atoms with van der Waals surface area (Å²) in [7, 11) is 0. The zero-order chi connectivity index (χ0) is 21.2. The lowest BCUT2D eigenvalue weighted by Gasteiger charge is -2.47. The molecule has 4 nitrogen and oxygen atoms in total. The monoisotopic (exact) mass is 432 g/mol. The van der Waals surface area contributed by atoms with Gasteiger partial charge in [-0.1, -0.05) is 27.7 Å². The highest BCUT2D eigenvalue weighted by Gasteiger charge is 2.46. The van der Waals surface area contributed by atoms with Crippen molar-refractivity contribution in [2.75, 3.05) is 11.5 Å². The number of carbonyl (C=O) groups excluding carboxylic acids is 2. The molecular weight excluding hydrogens is 392 g/mol. The smallest absolute Gasteiger partial charge is 0.307 e. The molecule has 28 heavy (non-hydrogen) atoms. The second kappa shape index (κ2) is 12.4. The highest BCUT2D eigenvalue weighted by atomic mass is 32.1. The van der Waals surface area contributed by atoms with E-state index in [4.69, 9.17) is 9.47 Å². The van der Waals surface area contributed by atoms with Crippen molar-refractivity contribution < 1.29 is 19.1 Å². The molecule has 1 rings (SSSR count). The van der Waals surface area contributed by atoms with Crippen LogP contribution in [0.5, 0.6) is 0 Å². The highest BCUT2D eigenvalue weighted by molar-refractivity contribution is 7.80. The van der Waals surface area contributed by atoms with Crippen molar-refractivity contribution in [3.8, 4) is 0 Å². The fraction of sp³-hybridized carbons (Fsp3) is 0.909. The molecule has 0 aliphatic heterocycles. The molecule has 0 amide bonds. The average molecular weight is 433 g/mol. The van der Waals surface area contributed by atoms with Gasteiger partial charge in [-0.05, 0) is 63.2 Å². The molecule has 0 N–H and O–H groups in total. The van der Waals surface area contributed by atoms with Gasteiger partial charge in [-0.15, -0.1) is 0 Å². The summed E-state index contributed by atoms with van der Waals surface area (Å²) in [5.41, 5.74) is -0.760. The molecule has 1 saturated carbocycles. The Labute approximate surface area is 182 Å². The van der Waals surface area contributed by atoms with Gasteiger partial charge in [-0.2, -0.15) is 25.3 Å². The van der Waals surface area contributed by atoms with Gasteiger partial charge in [0.15, 0.2) is 0 Å². The van der Waals surface area contributed by atoms with Crippen LogP contribution in [0.4, 0.5) is 0 Å². The molecule has 1 fully saturated rings. The van der Waals surface area contributed by atoms with Crippen LogP contribution in [0.3, 0.4) is 0 Å². The van der Waals surface area contributed by atoms with Crippen molar-refractivity contribution >= 4 is 37.2 Å². The molecule has 0 unspecified atom stereocenters. The van der Waals surface area contributed by atoms with Crippen LogP contribution in [-0.4, -0.2) is 34.6 Å². The lowest BCUT2D eigenvalue weighted by molar-refractivity contribution is -0.178. The van der Waals surface area contributed by atoms with Crippen LogP contribution in [0, 0.1) is 11.8 Å². The summed E-state index contributed by atoms with van der Waals surface area (Å²) >= 11 is 8.31. The van der Waals surface area contributed by atoms with Gasteiger partial charge in [0, 0.05) is 11.5 Å². The van der Waals surface area contributed by atoms with Crippen molar-refractivity contribution in [3.05, 3.63) is 0 Å². The van der Waals surface area contributed by atoms with E-state index >= 15 is 0 Å². The van der Waals surface area contributed by atoms with E-state index in [1.807, 2.05) is 0 Å². The first-order valence-electron chi connectivity index (χ1n) is 11.0. The van der Waals surface area contributed by atoms with Gasteiger partial charge in [-0.25, -0.2) is 0 Å². The number of hydrogen-bond acceptors (Lipinski definition) is 6. The Bertz CT molecular complexity index is 435. The molecule has 0 aromatic heterocycles. The maximum atomic E-state index is 12.2. The predicted octanol–water partition coefficient (Wildman–Crippen LogP) is 5.64. The molecule has 164 valence electrons. The maximum absolute atomic E-state index is 12.2. The van der Waals surface area contributed by atoms with Crippen LogP contribution in [0.2, 0.25) is 0 Å². The van der Waals surface area contributed by atoms with E-state index in [1.54, 1.807) is 0 Å². The van der Waals surface area contributed by atoms with Gasteiger partial charge in [0.1, 0.15) is 11.2 Å². The summed E-state index contributed by atoms with van der Waals surface area (Å²) in [6.45, 7) is 8.47. The Morgan fingerprint density at radius 3 is 1.21 bits per heavy atom. The zero-order valence-corrected chi connectivity index (χ0v) is 20.0. The first-order valence-corrected chi connectivity index (χ1v) is 12.3. The van der Waals surface area contributed by atoms with Gasteiger partial charge < -0.3 is 9.47 Å². The third-order valence-corrected chi connectivity index (χ3v) is 7.32. The Balaban J connectivity index is 2.86. The van der Waals surface area contributed by atoms with Crippen LogP contribution in [0.15, 0.2) is 0 Å². The van der Waals surface area contributed by atoms with E-state index in [0.29, 0.717) is 36.2 Å². The summed E-state index contributed by atoms with van der Waals surface area (Å²) in [5.74, 6) is 1.48. The van der Waals surface area contributed by atoms with E-state index in [9.17, 15) is 9.59 Å². The molecule has 0 heterocycles. The van der Waals surface area contributed by atoms with Gasteiger partial charge in [0.25, 0.3) is 0 Å². The van der Waals surface area contributed by atoms with Gasteiger partial charge in [0.2, 0.25) is 0 Å². The molecule has 0 aromatic rings. The van der Waals surface area contributed by atoms with Crippen molar-refractivity contribution in [2.45, 2.75) is 103 Å². The van der Waals surface area contributed by atoms with E-state index in [0.717, 1.165) is 51.4 Å². The lowest BCUT2D eigenvalue weighted by atomic mass is 9.66. The van der Waals surface area contributed by atoms with Crippen LogP contribution in [-0.2, 0) is 19.1 Å². The largest absolute Gasteiger partial charge is 0.459 e. The molecule has 0 bridgehead atoms. The standard InChI is InChI=1S/C22H40O4S2/c1-5-21(6-2,25-19(23)13-15-27)17-9-11-18(12-10-17)22(7-3,8-4)26-20(24)14-16-28/h17-18,27-28H,5-16H2,1-4H3. The minimum absolute atomic E-state index is 0.141. The second-order valence-electron chi connectivity index (χ2n) is 7.99. The van der Waals surface area contributed by atoms with Crippen molar-refractivity contribution in [3.63, 3.8) is 0 Å². The molecule has 0 spiro atoms. The number of hydrogen-bond donors (Lipinski definition) is 2. The van der Waals surface area contributed by atoms with E-state index in [1.165, 1.54) is 0 Å². The number of rotatable bonds is 12. The fourth-order valence-corrected chi connectivity index (χ4v) is 5.36. The van der Waals surface area contributed by atoms with Crippen molar-refractivity contribution in [1.82, 2.24) is 0 Å². The average Bonchev–Trinajstić information content (AvgIpc) is 2.71. The van der Waals surface area contributed by atoms with Gasteiger partial charge in [0.05, 0.1) is 12.8 Å². The molecular formula is C22H40O4S2. The molecule has 1 aliphatic carbocycles. The molecule has 6 heteroatoms. The Kier molecular flexibility index (Phi) is 11.3. The normalized spacial score (nSPS) is 20.6. The third kappa shape index (κ3) is 6.32. The first kappa shape index (κ1) is 25.7. The van der Waals surface area contributed by atoms with Crippen LogP contribution >= 0.6 is 25.3 Å². The minimum atomic E-state index is -0.380. The number of ether oxygens (including phenoxy) is 2. The van der Waals surface area contributed by atoms with E-state index in [-0.39, 0.29) is 23.1 Å². The lowest BCUT2D eigenvalue weighted by Crippen LogP contribution is -2.47. The molecule has 0 aromatic carbocycles. The Morgan fingerprint density at radius 1 is 0.714 bits per heavy atom. The first-order chi connectivity index (χ1) is 13.4. The third-order valence-electron chi connectivity index (χ3n) is 6.88.